The normalized spacial score (nSPS) is 12.0. The Labute approximate surface area is 232 Å². The summed E-state index contributed by atoms with van der Waals surface area (Å²) in [5.41, 5.74) is 2.51. The summed E-state index contributed by atoms with van der Waals surface area (Å²) >= 11 is 6.26. The van der Waals surface area contributed by atoms with Crippen molar-refractivity contribution >= 4 is 38.5 Å². The second-order valence-corrected chi connectivity index (χ2v) is 10.8. The lowest BCUT2D eigenvalue weighted by atomic mass is 10.1. The van der Waals surface area contributed by atoms with Crippen LogP contribution in [-0.4, -0.2) is 43.8 Å². The van der Waals surface area contributed by atoms with Gasteiger partial charge in [-0.2, -0.15) is 4.72 Å². The molecule has 0 radical (unpaired) electrons. The smallest absolute Gasteiger partial charge is 0.322 e. The number of benzene rings is 3. The quantitative estimate of drug-likeness (QED) is 0.254. The summed E-state index contributed by atoms with van der Waals surface area (Å²) in [6, 6.07) is 17.3. The highest BCUT2D eigenvalue weighted by atomic mass is 35.5. The number of carboxylic acids is 1. The van der Waals surface area contributed by atoms with Gasteiger partial charge in [0.05, 0.1) is 12.0 Å². The molecule has 4 rings (SSSR count). The van der Waals surface area contributed by atoms with E-state index < -0.39 is 22.0 Å². The van der Waals surface area contributed by atoms with Crippen LogP contribution in [0.1, 0.15) is 18.1 Å². The number of halogens is 1. The molecule has 10 heteroatoms. The number of ether oxygens (including phenoxy) is 2. The second-order valence-electron chi connectivity index (χ2n) is 8.69. The largest absolute Gasteiger partial charge is 0.497 e. The highest BCUT2D eigenvalue weighted by molar-refractivity contribution is 7.89. The monoisotopic (exact) mass is 566 g/mol. The maximum Gasteiger partial charge on any atom is 0.322 e. The number of hydrogen-bond acceptors (Lipinski definition) is 5. The Kier molecular flexibility index (Phi) is 8.82. The third kappa shape index (κ3) is 6.92. The van der Waals surface area contributed by atoms with Gasteiger partial charge in [-0.25, -0.2) is 8.42 Å². The van der Waals surface area contributed by atoms with Gasteiger partial charge in [0.25, 0.3) is 0 Å². The topological polar surface area (TPSA) is 107 Å². The number of sulfonamides is 1. The number of carbonyl (C=O) groups is 1. The van der Waals surface area contributed by atoms with Gasteiger partial charge in [-0.05, 0) is 72.6 Å². The maximum absolute atomic E-state index is 13.1. The van der Waals surface area contributed by atoms with Gasteiger partial charge in [0.1, 0.15) is 24.1 Å². The van der Waals surface area contributed by atoms with E-state index in [1.165, 1.54) is 24.3 Å². The average Bonchev–Trinajstić information content (AvgIpc) is 3.24. The van der Waals surface area contributed by atoms with Crippen LogP contribution in [0.5, 0.6) is 11.5 Å². The van der Waals surface area contributed by atoms with Gasteiger partial charge >= 0.3 is 5.97 Å². The van der Waals surface area contributed by atoms with Crippen molar-refractivity contribution < 1.29 is 27.8 Å². The lowest BCUT2D eigenvalue weighted by molar-refractivity contribution is -0.138. The van der Waals surface area contributed by atoms with Gasteiger partial charge < -0.3 is 19.1 Å². The Balaban J connectivity index is 1.59. The number of fused-ring (bicyclic) bond motifs is 1. The third-order valence-corrected chi connectivity index (χ3v) is 7.80. The van der Waals surface area contributed by atoms with Crippen LogP contribution in [0, 0.1) is 11.8 Å². The molecule has 0 saturated heterocycles. The van der Waals surface area contributed by atoms with Gasteiger partial charge in [0, 0.05) is 35.1 Å². The van der Waals surface area contributed by atoms with Gasteiger partial charge in [-0.3, -0.25) is 4.79 Å². The van der Waals surface area contributed by atoms with Crippen LogP contribution >= 0.6 is 11.6 Å². The molecular weight excluding hydrogens is 540 g/mol. The van der Waals surface area contributed by atoms with E-state index in [-0.39, 0.29) is 17.9 Å². The predicted octanol–water partition coefficient (Wildman–Crippen LogP) is 4.73. The Bertz CT molecular complexity index is 1640. The molecule has 0 aliphatic rings. The van der Waals surface area contributed by atoms with Crippen LogP contribution in [0.2, 0.25) is 5.02 Å². The minimum atomic E-state index is -4.14. The van der Waals surface area contributed by atoms with Crippen LogP contribution in [0.3, 0.4) is 0 Å². The van der Waals surface area contributed by atoms with Crippen molar-refractivity contribution in [1.29, 1.82) is 0 Å². The molecule has 0 fully saturated rings. The summed E-state index contributed by atoms with van der Waals surface area (Å²) in [4.78, 5) is 12.1. The molecule has 4 aromatic rings. The molecule has 0 aliphatic carbocycles. The van der Waals surface area contributed by atoms with Gasteiger partial charge in [-0.15, -0.1) is 5.92 Å². The molecule has 202 valence electrons. The van der Waals surface area contributed by atoms with Crippen molar-refractivity contribution in [2.75, 3.05) is 13.7 Å². The van der Waals surface area contributed by atoms with Crippen LogP contribution < -0.4 is 14.2 Å². The number of nitrogens with one attached hydrogen (secondary N) is 1. The Hall–Kier alpha value is -3.97. The number of hydrogen-bond donors (Lipinski definition) is 2. The standard InChI is InChI=1S/C29H27ClN2O6S/c1-3-4-15-38-24-10-12-25(13-11-24)39(35,36)31-27(29(33)34)16-21-19-32(28-14-7-22(30)17-26(21)28)18-20-5-8-23(37-2)9-6-20/h5-14,17,19,27,31H,15-16,18H2,1-2H3,(H,33,34)/t27-/m0/s1. The number of carboxylic acid groups (broad SMARTS) is 1. The number of nitrogens with zero attached hydrogens (tertiary/aromatic N) is 1. The molecule has 1 heterocycles. The summed E-state index contributed by atoms with van der Waals surface area (Å²) in [5, 5.41) is 11.2. The number of methoxy groups -OCH3 is 1. The van der Waals surface area contributed by atoms with Crippen molar-refractivity contribution in [2.24, 2.45) is 0 Å². The van der Waals surface area contributed by atoms with Gasteiger partial charge in [0.2, 0.25) is 10.0 Å². The zero-order valence-corrected chi connectivity index (χ0v) is 22.9. The highest BCUT2D eigenvalue weighted by Gasteiger charge is 2.27. The Morgan fingerprint density at radius 2 is 1.77 bits per heavy atom. The van der Waals surface area contributed by atoms with Crippen LogP contribution in [-0.2, 0) is 27.8 Å². The molecule has 8 nitrogen and oxygen atoms in total. The molecule has 39 heavy (non-hydrogen) atoms. The van der Waals surface area contributed by atoms with Crippen LogP contribution in [0.25, 0.3) is 10.9 Å². The first kappa shape index (κ1) is 28.0. The molecule has 0 amide bonds. The van der Waals surface area contributed by atoms with E-state index in [4.69, 9.17) is 21.1 Å². The Morgan fingerprint density at radius 1 is 1.08 bits per heavy atom. The van der Waals surface area contributed by atoms with Crippen molar-refractivity contribution in [3.8, 4) is 23.3 Å². The fraction of sp³-hybridized carbons (Fsp3) is 0.207. The zero-order valence-electron chi connectivity index (χ0n) is 21.3. The van der Waals surface area contributed by atoms with E-state index in [1.807, 2.05) is 41.1 Å². The lowest BCUT2D eigenvalue weighted by Gasteiger charge is -2.15. The fourth-order valence-electron chi connectivity index (χ4n) is 4.13. The first-order valence-electron chi connectivity index (χ1n) is 12.0. The van der Waals surface area contributed by atoms with Crippen molar-refractivity contribution in [3.63, 3.8) is 0 Å². The van der Waals surface area contributed by atoms with E-state index in [2.05, 4.69) is 16.6 Å². The first-order valence-corrected chi connectivity index (χ1v) is 13.8. The SMILES string of the molecule is CC#CCOc1ccc(S(=O)(=O)N[C@@H](Cc2cn(Cc3ccc(OC)cc3)c3ccc(Cl)cc23)C(=O)O)cc1. The van der Waals surface area contributed by atoms with E-state index in [9.17, 15) is 18.3 Å². The van der Waals surface area contributed by atoms with Crippen LogP contribution in [0.15, 0.2) is 77.8 Å². The van der Waals surface area contributed by atoms with E-state index in [0.717, 1.165) is 22.2 Å². The third-order valence-electron chi connectivity index (χ3n) is 6.08. The van der Waals surface area contributed by atoms with Gasteiger partial charge in [-0.1, -0.05) is 29.7 Å². The summed E-state index contributed by atoms with van der Waals surface area (Å²) in [7, 11) is -2.53. The zero-order chi connectivity index (χ0) is 28.0. The molecule has 2 N–H and O–H groups in total. The Morgan fingerprint density at radius 3 is 2.41 bits per heavy atom. The molecule has 1 aromatic heterocycles. The molecule has 0 aliphatic heterocycles. The average molecular weight is 567 g/mol. The predicted molar refractivity (Wildman–Crippen MR) is 150 cm³/mol. The summed E-state index contributed by atoms with van der Waals surface area (Å²) in [6.45, 7) is 2.39. The highest BCUT2D eigenvalue weighted by Crippen LogP contribution is 2.28. The molecule has 0 unspecified atom stereocenters. The van der Waals surface area contributed by atoms with E-state index in [0.29, 0.717) is 22.9 Å². The minimum Gasteiger partial charge on any atom is -0.497 e. The fourth-order valence-corrected chi connectivity index (χ4v) is 5.49. The molecule has 0 spiro atoms. The first-order chi connectivity index (χ1) is 18.7. The second kappa shape index (κ2) is 12.3. The molecule has 0 bridgehead atoms. The molecule has 1 atom stereocenters. The minimum absolute atomic E-state index is 0.0762. The van der Waals surface area contributed by atoms with Crippen molar-refractivity contribution in [1.82, 2.24) is 9.29 Å². The van der Waals surface area contributed by atoms with Crippen LogP contribution in [0.4, 0.5) is 0 Å². The molecule has 3 aromatic carbocycles. The maximum atomic E-state index is 13.1. The molecular formula is C29H27ClN2O6S. The number of aromatic nitrogens is 1. The molecule has 0 saturated carbocycles. The number of aliphatic carboxylic acids is 1. The van der Waals surface area contributed by atoms with E-state index in [1.54, 1.807) is 26.2 Å². The summed E-state index contributed by atoms with van der Waals surface area (Å²) in [6.07, 6.45) is 1.75. The van der Waals surface area contributed by atoms with E-state index >= 15 is 0 Å². The number of rotatable bonds is 11. The lowest BCUT2D eigenvalue weighted by Crippen LogP contribution is -2.42. The van der Waals surface area contributed by atoms with Crippen molar-refractivity contribution in [2.45, 2.75) is 30.8 Å². The summed E-state index contributed by atoms with van der Waals surface area (Å²) in [5.74, 6) is 5.36. The van der Waals surface area contributed by atoms with Crippen molar-refractivity contribution in [3.05, 3.63) is 89.1 Å². The van der Waals surface area contributed by atoms with Gasteiger partial charge in [0.15, 0.2) is 0 Å². The summed E-state index contributed by atoms with van der Waals surface area (Å²) < 4.78 is 41.1.